The van der Waals surface area contributed by atoms with Crippen LogP contribution in [0.4, 0.5) is 11.5 Å². The molecule has 0 spiro atoms. The first-order valence-corrected chi connectivity index (χ1v) is 11.9. The third kappa shape index (κ3) is 5.45. The zero-order chi connectivity index (χ0) is 22.5. The van der Waals surface area contributed by atoms with Gasteiger partial charge in [0.15, 0.2) is 0 Å². The lowest BCUT2D eigenvalue weighted by Gasteiger charge is -2.42. The molecule has 0 aliphatic carbocycles. The average Bonchev–Trinajstić information content (AvgIpc) is 3.01. The summed E-state index contributed by atoms with van der Waals surface area (Å²) in [7, 11) is 0. The van der Waals surface area contributed by atoms with E-state index >= 15 is 0 Å². The lowest BCUT2D eigenvalue weighted by molar-refractivity contribution is 0.0737. The van der Waals surface area contributed by atoms with Crippen molar-refractivity contribution in [3.63, 3.8) is 0 Å². The van der Waals surface area contributed by atoms with Gasteiger partial charge in [-0.15, -0.1) is 0 Å². The van der Waals surface area contributed by atoms with Gasteiger partial charge in [0.25, 0.3) is 5.91 Å². The van der Waals surface area contributed by atoms with Gasteiger partial charge in [-0.05, 0) is 77.4 Å². The Labute approximate surface area is 191 Å². The Bertz CT molecular complexity index is 881. The van der Waals surface area contributed by atoms with E-state index < -0.39 is 0 Å². The van der Waals surface area contributed by atoms with Gasteiger partial charge in [0.1, 0.15) is 11.5 Å². The second kappa shape index (κ2) is 10.4. The number of anilines is 2. The maximum atomic E-state index is 12.7. The van der Waals surface area contributed by atoms with Crippen LogP contribution in [0.3, 0.4) is 0 Å². The molecule has 2 aliphatic rings. The van der Waals surface area contributed by atoms with Crippen molar-refractivity contribution < 1.29 is 4.79 Å². The lowest BCUT2D eigenvalue weighted by Crippen LogP contribution is -2.51. The number of pyridine rings is 2. The van der Waals surface area contributed by atoms with Crippen molar-refractivity contribution >= 4 is 17.4 Å². The van der Waals surface area contributed by atoms with Crippen molar-refractivity contribution in [2.45, 2.75) is 58.2 Å². The number of piperidine rings is 1. The van der Waals surface area contributed by atoms with Gasteiger partial charge in [0.05, 0.1) is 0 Å². The van der Waals surface area contributed by atoms with Crippen molar-refractivity contribution in [3.8, 4) is 0 Å². The number of rotatable bonds is 5. The number of carbonyl (C=O) groups is 1. The molecular weight excluding hydrogens is 400 g/mol. The first-order chi connectivity index (χ1) is 15.5. The van der Waals surface area contributed by atoms with Crippen LogP contribution in [0.25, 0.3) is 0 Å². The fourth-order valence-electron chi connectivity index (χ4n) is 5.02. The number of hydrogen-bond donors (Lipinski definition) is 1. The zero-order valence-electron chi connectivity index (χ0n) is 19.6. The minimum absolute atomic E-state index is 0.195. The maximum Gasteiger partial charge on any atom is 0.274 e. The predicted octanol–water partition coefficient (Wildman–Crippen LogP) is 3.50. The minimum atomic E-state index is -0.195. The van der Waals surface area contributed by atoms with Crippen LogP contribution in [-0.4, -0.2) is 76.5 Å². The number of nitrogens with one attached hydrogen (secondary N) is 1. The van der Waals surface area contributed by atoms with Crippen molar-refractivity contribution in [2.24, 2.45) is 0 Å². The van der Waals surface area contributed by atoms with Crippen molar-refractivity contribution in [1.82, 2.24) is 19.8 Å². The van der Waals surface area contributed by atoms with E-state index in [0.717, 1.165) is 37.6 Å². The third-order valence-corrected chi connectivity index (χ3v) is 6.82. The summed E-state index contributed by atoms with van der Waals surface area (Å²) in [6, 6.07) is 11.1. The van der Waals surface area contributed by atoms with Gasteiger partial charge in [-0.25, -0.2) is 4.98 Å². The SMILES string of the molecule is CC(C)N1CCC(N2CCCN(c3cccc(C(=O)Nc4ccncc4)n3)CC2C)CC1. The van der Waals surface area contributed by atoms with Crippen LogP contribution in [0, 0.1) is 0 Å². The summed E-state index contributed by atoms with van der Waals surface area (Å²) in [6.07, 6.45) is 6.95. The normalized spacial score (nSPS) is 21.5. The van der Waals surface area contributed by atoms with Gasteiger partial charge in [-0.2, -0.15) is 0 Å². The molecule has 2 fully saturated rings. The highest BCUT2D eigenvalue weighted by Gasteiger charge is 2.31. The number of hydrogen-bond acceptors (Lipinski definition) is 6. The van der Waals surface area contributed by atoms with E-state index in [1.54, 1.807) is 30.6 Å². The molecule has 1 N–H and O–H groups in total. The molecule has 2 aromatic rings. The number of carbonyl (C=O) groups excluding carboxylic acids is 1. The van der Waals surface area contributed by atoms with Crippen molar-refractivity contribution in [2.75, 3.05) is 42.9 Å². The maximum absolute atomic E-state index is 12.7. The Hall–Kier alpha value is -2.51. The Morgan fingerprint density at radius 3 is 2.53 bits per heavy atom. The molecule has 7 heteroatoms. The van der Waals surface area contributed by atoms with Crippen molar-refractivity contribution in [1.29, 1.82) is 0 Å². The van der Waals surface area contributed by atoms with E-state index in [0.29, 0.717) is 23.8 Å². The van der Waals surface area contributed by atoms with E-state index in [4.69, 9.17) is 4.98 Å². The molecule has 1 atom stereocenters. The van der Waals surface area contributed by atoms with E-state index in [1.165, 1.54) is 25.9 Å². The first-order valence-electron chi connectivity index (χ1n) is 11.9. The molecule has 0 aromatic carbocycles. The summed E-state index contributed by atoms with van der Waals surface area (Å²) in [5.74, 6) is 0.690. The van der Waals surface area contributed by atoms with E-state index in [-0.39, 0.29) is 5.91 Å². The fourth-order valence-corrected chi connectivity index (χ4v) is 5.02. The van der Waals surface area contributed by atoms with Crippen LogP contribution in [-0.2, 0) is 0 Å². The fraction of sp³-hybridized carbons (Fsp3) is 0.560. The van der Waals surface area contributed by atoms with Gasteiger partial charge in [0.2, 0.25) is 0 Å². The molecule has 0 radical (unpaired) electrons. The Balaban J connectivity index is 1.39. The summed E-state index contributed by atoms with van der Waals surface area (Å²) < 4.78 is 0. The highest BCUT2D eigenvalue weighted by Crippen LogP contribution is 2.24. The largest absolute Gasteiger partial charge is 0.355 e. The summed E-state index contributed by atoms with van der Waals surface area (Å²) in [5.41, 5.74) is 1.16. The van der Waals surface area contributed by atoms with Crippen LogP contribution in [0.1, 0.15) is 50.5 Å². The van der Waals surface area contributed by atoms with E-state index in [1.807, 2.05) is 12.1 Å². The van der Waals surface area contributed by atoms with Crippen LogP contribution < -0.4 is 10.2 Å². The van der Waals surface area contributed by atoms with Gasteiger partial charge >= 0.3 is 0 Å². The predicted molar refractivity (Wildman–Crippen MR) is 129 cm³/mol. The number of amides is 1. The standard InChI is InChI=1S/C25H36N6O/c1-19(2)29-16-10-22(11-17-29)31-15-5-14-30(18-20(31)3)24-7-4-6-23(28-24)25(32)27-21-8-12-26-13-9-21/h4,6-9,12-13,19-20,22H,5,10-11,14-18H2,1-3H3,(H,26,27,32). The summed E-state index contributed by atoms with van der Waals surface area (Å²) >= 11 is 0. The molecule has 0 saturated carbocycles. The molecule has 32 heavy (non-hydrogen) atoms. The Kier molecular flexibility index (Phi) is 7.37. The van der Waals surface area contributed by atoms with Gasteiger partial charge < -0.3 is 15.1 Å². The molecule has 4 heterocycles. The van der Waals surface area contributed by atoms with Gasteiger partial charge in [0, 0.05) is 55.8 Å². The van der Waals surface area contributed by atoms with E-state index in [9.17, 15) is 4.79 Å². The first kappa shape index (κ1) is 22.7. The summed E-state index contributed by atoms with van der Waals surface area (Å²) in [6.45, 7) is 12.4. The quantitative estimate of drug-likeness (QED) is 0.774. The summed E-state index contributed by atoms with van der Waals surface area (Å²) in [5, 5.41) is 2.90. The Morgan fingerprint density at radius 2 is 1.81 bits per heavy atom. The molecule has 4 rings (SSSR count). The molecular formula is C25H36N6O. The molecule has 2 aliphatic heterocycles. The third-order valence-electron chi connectivity index (χ3n) is 6.82. The molecule has 1 unspecified atom stereocenters. The van der Waals surface area contributed by atoms with E-state index in [2.05, 4.69) is 45.8 Å². The topological polar surface area (TPSA) is 64.6 Å². The second-order valence-corrected chi connectivity index (χ2v) is 9.32. The highest BCUT2D eigenvalue weighted by molar-refractivity contribution is 6.03. The van der Waals surface area contributed by atoms with Crippen LogP contribution in [0.15, 0.2) is 42.7 Å². The van der Waals surface area contributed by atoms with Gasteiger partial charge in [-0.1, -0.05) is 6.07 Å². The minimum Gasteiger partial charge on any atom is -0.355 e. The number of aromatic nitrogens is 2. The lowest BCUT2D eigenvalue weighted by atomic mass is 10.00. The molecule has 2 saturated heterocycles. The molecule has 172 valence electrons. The zero-order valence-corrected chi connectivity index (χ0v) is 19.6. The van der Waals surface area contributed by atoms with Crippen LogP contribution in [0.2, 0.25) is 0 Å². The molecule has 2 aromatic heterocycles. The molecule has 1 amide bonds. The summed E-state index contributed by atoms with van der Waals surface area (Å²) in [4.78, 5) is 29.0. The monoisotopic (exact) mass is 436 g/mol. The smallest absolute Gasteiger partial charge is 0.274 e. The number of likely N-dealkylation sites (tertiary alicyclic amines) is 1. The average molecular weight is 437 g/mol. The number of nitrogens with zero attached hydrogens (tertiary/aromatic N) is 5. The van der Waals surface area contributed by atoms with Gasteiger partial charge in [-0.3, -0.25) is 14.7 Å². The van der Waals surface area contributed by atoms with Crippen molar-refractivity contribution in [3.05, 3.63) is 48.4 Å². The molecule has 0 bridgehead atoms. The van der Waals surface area contributed by atoms with Crippen LogP contribution >= 0.6 is 0 Å². The highest BCUT2D eigenvalue weighted by atomic mass is 16.1. The second-order valence-electron chi connectivity index (χ2n) is 9.32. The Morgan fingerprint density at radius 1 is 1.06 bits per heavy atom. The van der Waals surface area contributed by atoms with Crippen LogP contribution in [0.5, 0.6) is 0 Å². The molecule has 7 nitrogen and oxygen atoms in total.